The highest BCUT2D eigenvalue weighted by Gasteiger charge is 2.19. The second-order valence-electron chi connectivity index (χ2n) is 5.96. The predicted octanol–water partition coefficient (Wildman–Crippen LogP) is 4.63. The number of aryl methyl sites for hydroxylation is 1. The summed E-state index contributed by atoms with van der Waals surface area (Å²) < 4.78 is 5.64. The van der Waals surface area contributed by atoms with Crippen LogP contribution in [0.15, 0.2) is 70.0 Å². The maximum absolute atomic E-state index is 5.64. The first-order valence-electron chi connectivity index (χ1n) is 8.21. The molecule has 2 N–H and O–H groups in total. The van der Waals surface area contributed by atoms with E-state index in [1.165, 1.54) is 16.0 Å². The quantitative estimate of drug-likeness (QED) is 0.540. The van der Waals surface area contributed by atoms with Gasteiger partial charge in [0.15, 0.2) is 0 Å². The molecule has 0 fully saturated rings. The number of benzene rings is 1. The van der Waals surface area contributed by atoms with Crippen LogP contribution in [0.25, 0.3) is 10.8 Å². The molecule has 0 amide bonds. The molecule has 5 heteroatoms. The summed E-state index contributed by atoms with van der Waals surface area (Å²) in [6.45, 7) is 2.90. The number of oxazole rings is 1. The first kappa shape index (κ1) is 16.3. The van der Waals surface area contributed by atoms with E-state index >= 15 is 0 Å². The number of rotatable bonds is 6. The van der Waals surface area contributed by atoms with Gasteiger partial charge < -0.3 is 9.73 Å². The molecule has 1 aromatic carbocycles. The van der Waals surface area contributed by atoms with Gasteiger partial charge in [-0.25, -0.2) is 4.98 Å². The zero-order valence-electron chi connectivity index (χ0n) is 13.9. The molecule has 1 atom stereocenters. The van der Waals surface area contributed by atoms with Crippen molar-refractivity contribution in [2.24, 2.45) is 0 Å². The highest BCUT2D eigenvalue weighted by Crippen LogP contribution is 2.25. The number of thiophene rings is 2. The number of nitrogens with two attached hydrogens (primary N) is 1. The van der Waals surface area contributed by atoms with E-state index in [2.05, 4.69) is 59.0 Å². The minimum absolute atomic E-state index is 0.280. The molecule has 3 heterocycles. The minimum Gasteiger partial charge on any atom is -0.443 e. The molecule has 0 spiro atoms. The Morgan fingerprint density at radius 1 is 1.04 bits per heavy atom. The van der Waals surface area contributed by atoms with Crippen LogP contribution in [0.1, 0.15) is 27.7 Å². The van der Waals surface area contributed by atoms with Crippen molar-refractivity contribution in [2.75, 3.05) is 0 Å². The van der Waals surface area contributed by atoms with Gasteiger partial charge in [0.25, 0.3) is 0 Å². The van der Waals surface area contributed by atoms with E-state index in [0.717, 1.165) is 17.1 Å². The van der Waals surface area contributed by atoms with Crippen molar-refractivity contribution < 1.29 is 9.73 Å². The molecule has 0 unspecified atom stereocenters. The molecule has 3 nitrogen and oxygen atoms in total. The van der Waals surface area contributed by atoms with Crippen LogP contribution in [0, 0.1) is 6.92 Å². The van der Waals surface area contributed by atoms with Gasteiger partial charge in [-0.2, -0.15) is 0 Å². The first-order chi connectivity index (χ1) is 12.3. The SMILES string of the molecule is Cc1ccc([C@@H]([NH2+]Cc2coc(-c3cccs3)n2)c2cccs2)cc1. The number of quaternary nitrogens is 1. The molecule has 0 saturated heterocycles. The van der Waals surface area contributed by atoms with Crippen LogP contribution in [0.2, 0.25) is 0 Å². The Kier molecular flexibility index (Phi) is 4.78. The van der Waals surface area contributed by atoms with Crippen LogP contribution in [0.4, 0.5) is 0 Å². The monoisotopic (exact) mass is 367 g/mol. The molecular formula is C20H19N2OS2+. The Hall–Kier alpha value is -2.21. The lowest BCUT2D eigenvalue weighted by atomic mass is 10.0. The summed E-state index contributed by atoms with van der Waals surface area (Å²) in [4.78, 5) is 7.05. The third kappa shape index (κ3) is 3.74. The third-order valence-electron chi connectivity index (χ3n) is 4.13. The Labute approximate surface area is 155 Å². The number of aromatic nitrogens is 1. The van der Waals surface area contributed by atoms with Crippen LogP contribution in [0.3, 0.4) is 0 Å². The molecule has 0 bridgehead atoms. The van der Waals surface area contributed by atoms with Crippen molar-refractivity contribution in [2.45, 2.75) is 19.5 Å². The van der Waals surface area contributed by atoms with E-state index < -0.39 is 0 Å². The van der Waals surface area contributed by atoms with E-state index in [0.29, 0.717) is 5.89 Å². The Bertz CT molecular complexity index is 909. The molecule has 25 heavy (non-hydrogen) atoms. The number of hydrogen-bond donors (Lipinski definition) is 1. The van der Waals surface area contributed by atoms with E-state index in [1.54, 1.807) is 28.9 Å². The zero-order valence-corrected chi connectivity index (χ0v) is 15.5. The maximum Gasteiger partial charge on any atom is 0.236 e. The maximum atomic E-state index is 5.64. The second kappa shape index (κ2) is 7.35. The van der Waals surface area contributed by atoms with Crippen LogP contribution in [-0.2, 0) is 6.54 Å². The van der Waals surface area contributed by atoms with E-state index in [9.17, 15) is 0 Å². The summed E-state index contributed by atoms with van der Waals surface area (Å²) in [5, 5.41) is 6.50. The van der Waals surface area contributed by atoms with Gasteiger partial charge in [-0.05, 0) is 29.8 Å². The zero-order chi connectivity index (χ0) is 17.1. The fraction of sp³-hybridized carbons (Fsp3) is 0.150. The molecule has 126 valence electrons. The lowest BCUT2D eigenvalue weighted by Gasteiger charge is -2.14. The normalized spacial score (nSPS) is 12.4. The summed E-state index contributed by atoms with van der Waals surface area (Å²) in [6.07, 6.45) is 1.77. The molecule has 0 saturated carbocycles. The lowest BCUT2D eigenvalue weighted by molar-refractivity contribution is -0.702. The summed E-state index contributed by atoms with van der Waals surface area (Å²) in [6, 6.07) is 17.4. The average molecular weight is 368 g/mol. The number of hydrogen-bond acceptors (Lipinski definition) is 4. The van der Waals surface area contributed by atoms with Crippen molar-refractivity contribution in [1.29, 1.82) is 0 Å². The van der Waals surface area contributed by atoms with Crippen LogP contribution < -0.4 is 5.32 Å². The van der Waals surface area contributed by atoms with Gasteiger partial charge in [-0.1, -0.05) is 42.0 Å². The highest BCUT2D eigenvalue weighted by molar-refractivity contribution is 7.13. The standard InChI is InChI=1S/C20H18N2OS2/c1-14-6-8-15(9-7-14)19(17-4-2-10-24-17)21-12-16-13-23-20(22-16)18-5-3-11-25-18/h2-11,13,19,21H,12H2,1H3/p+1/t19-/m1/s1. The van der Waals surface area contributed by atoms with E-state index in [4.69, 9.17) is 4.42 Å². The van der Waals surface area contributed by atoms with Gasteiger partial charge in [0.2, 0.25) is 5.89 Å². The smallest absolute Gasteiger partial charge is 0.236 e. The minimum atomic E-state index is 0.280. The van der Waals surface area contributed by atoms with Gasteiger partial charge in [-0.15, -0.1) is 22.7 Å². The van der Waals surface area contributed by atoms with Crippen LogP contribution in [0.5, 0.6) is 0 Å². The average Bonchev–Trinajstić information content (AvgIpc) is 3.39. The largest absolute Gasteiger partial charge is 0.443 e. The summed E-state index contributed by atoms with van der Waals surface area (Å²) in [5.41, 5.74) is 3.57. The Morgan fingerprint density at radius 3 is 2.56 bits per heavy atom. The summed E-state index contributed by atoms with van der Waals surface area (Å²) in [5.74, 6) is 0.710. The molecule has 0 aliphatic heterocycles. The Morgan fingerprint density at radius 2 is 1.84 bits per heavy atom. The molecule has 4 aromatic rings. The van der Waals surface area contributed by atoms with Gasteiger partial charge in [0.05, 0.1) is 9.75 Å². The summed E-state index contributed by atoms with van der Waals surface area (Å²) in [7, 11) is 0. The van der Waals surface area contributed by atoms with Crippen molar-refractivity contribution in [1.82, 2.24) is 4.98 Å². The molecule has 0 aliphatic rings. The van der Waals surface area contributed by atoms with Crippen LogP contribution in [-0.4, -0.2) is 4.98 Å². The van der Waals surface area contributed by atoms with Gasteiger partial charge in [0, 0.05) is 5.56 Å². The molecular weight excluding hydrogens is 348 g/mol. The van der Waals surface area contributed by atoms with Crippen molar-refractivity contribution in [3.63, 3.8) is 0 Å². The van der Waals surface area contributed by atoms with Gasteiger partial charge in [0.1, 0.15) is 24.5 Å². The fourth-order valence-electron chi connectivity index (χ4n) is 2.81. The third-order valence-corrected chi connectivity index (χ3v) is 5.95. The molecule has 0 aliphatic carbocycles. The highest BCUT2D eigenvalue weighted by atomic mass is 32.1. The predicted molar refractivity (Wildman–Crippen MR) is 103 cm³/mol. The Balaban J connectivity index is 1.52. The van der Waals surface area contributed by atoms with Crippen LogP contribution >= 0.6 is 22.7 Å². The van der Waals surface area contributed by atoms with Gasteiger partial charge in [-0.3, -0.25) is 0 Å². The van der Waals surface area contributed by atoms with Crippen molar-refractivity contribution >= 4 is 22.7 Å². The molecule has 3 aromatic heterocycles. The van der Waals surface area contributed by atoms with Crippen molar-refractivity contribution in [3.05, 3.63) is 87.3 Å². The van der Waals surface area contributed by atoms with Crippen molar-refractivity contribution in [3.8, 4) is 10.8 Å². The fourth-order valence-corrected chi connectivity index (χ4v) is 4.32. The van der Waals surface area contributed by atoms with E-state index in [1.807, 2.05) is 17.5 Å². The summed E-state index contributed by atoms with van der Waals surface area (Å²) >= 11 is 3.44. The second-order valence-corrected chi connectivity index (χ2v) is 7.89. The molecule has 4 rings (SSSR count). The topological polar surface area (TPSA) is 42.6 Å². The lowest BCUT2D eigenvalue weighted by Crippen LogP contribution is -2.83. The first-order valence-corrected chi connectivity index (χ1v) is 9.97. The van der Waals surface area contributed by atoms with Gasteiger partial charge >= 0.3 is 0 Å². The molecule has 0 radical (unpaired) electrons. The van der Waals surface area contributed by atoms with E-state index in [-0.39, 0.29) is 6.04 Å². The number of nitrogens with zero attached hydrogens (tertiary/aromatic N) is 1.